The van der Waals surface area contributed by atoms with Gasteiger partial charge in [0.15, 0.2) is 11.5 Å². The zero-order valence-corrected chi connectivity index (χ0v) is 15.3. The monoisotopic (exact) mass is 361 g/mol. The van der Waals surface area contributed by atoms with Crippen molar-refractivity contribution in [3.8, 4) is 17.2 Å². The van der Waals surface area contributed by atoms with Gasteiger partial charge in [0.25, 0.3) is 5.91 Å². The van der Waals surface area contributed by atoms with E-state index in [1.165, 1.54) is 21.3 Å². The number of benzene rings is 1. The number of rotatable bonds is 9. The van der Waals surface area contributed by atoms with Gasteiger partial charge in [-0.1, -0.05) is 0 Å². The number of aromatic nitrogens is 1. The van der Waals surface area contributed by atoms with E-state index in [1.54, 1.807) is 31.5 Å². The van der Waals surface area contributed by atoms with Crippen LogP contribution >= 0.6 is 0 Å². The quantitative estimate of drug-likeness (QED) is 0.663. The molecule has 0 atom stereocenters. The number of methoxy groups -OCH3 is 4. The second-order valence-corrected chi connectivity index (χ2v) is 5.22. The Morgan fingerprint density at radius 3 is 2.23 bits per heavy atom. The Kier molecular flexibility index (Phi) is 7.04. The summed E-state index contributed by atoms with van der Waals surface area (Å²) in [4.78, 5) is 16.7. The lowest BCUT2D eigenvalue weighted by molar-refractivity contribution is 0.102. The first kappa shape index (κ1) is 19.3. The maximum atomic E-state index is 12.5. The fourth-order valence-corrected chi connectivity index (χ4v) is 2.27. The van der Waals surface area contributed by atoms with Gasteiger partial charge in [-0.15, -0.1) is 0 Å². The van der Waals surface area contributed by atoms with Gasteiger partial charge in [-0.3, -0.25) is 4.79 Å². The van der Waals surface area contributed by atoms with Crippen molar-refractivity contribution in [1.29, 1.82) is 0 Å². The highest BCUT2D eigenvalue weighted by atomic mass is 16.5. The van der Waals surface area contributed by atoms with Crippen LogP contribution in [0, 0.1) is 0 Å². The van der Waals surface area contributed by atoms with E-state index in [-0.39, 0.29) is 5.91 Å². The Morgan fingerprint density at radius 1 is 1.04 bits per heavy atom. The molecule has 0 spiro atoms. The van der Waals surface area contributed by atoms with Crippen molar-refractivity contribution in [3.05, 3.63) is 36.0 Å². The number of pyridine rings is 1. The van der Waals surface area contributed by atoms with Gasteiger partial charge in [0, 0.05) is 19.2 Å². The molecule has 0 radical (unpaired) electrons. The van der Waals surface area contributed by atoms with Crippen molar-refractivity contribution in [3.63, 3.8) is 0 Å². The summed E-state index contributed by atoms with van der Waals surface area (Å²) in [6.45, 7) is 1.27. The standard InChI is InChI=1S/C18H23N3O5/c1-23-8-7-19-13-5-6-16(20-11-13)21-18(22)12-9-14(24-2)17(26-4)15(10-12)25-3/h5-6,9-11,19H,7-8H2,1-4H3,(H,20,21,22). The van der Waals surface area contributed by atoms with E-state index in [0.717, 1.165) is 5.69 Å². The van der Waals surface area contributed by atoms with Gasteiger partial charge in [0.1, 0.15) is 5.82 Å². The molecule has 0 aliphatic carbocycles. The lowest BCUT2D eigenvalue weighted by atomic mass is 10.1. The van der Waals surface area contributed by atoms with Crippen molar-refractivity contribution >= 4 is 17.4 Å². The van der Waals surface area contributed by atoms with Crippen LogP contribution in [0.1, 0.15) is 10.4 Å². The van der Waals surface area contributed by atoms with E-state index in [2.05, 4.69) is 15.6 Å². The second kappa shape index (κ2) is 9.47. The fraction of sp³-hybridized carbons (Fsp3) is 0.333. The largest absolute Gasteiger partial charge is 0.493 e. The summed E-state index contributed by atoms with van der Waals surface area (Å²) in [7, 11) is 6.14. The highest BCUT2D eigenvalue weighted by Gasteiger charge is 2.17. The first-order valence-electron chi connectivity index (χ1n) is 7.93. The van der Waals surface area contributed by atoms with Gasteiger partial charge in [-0.25, -0.2) is 4.98 Å². The Morgan fingerprint density at radius 2 is 1.73 bits per heavy atom. The molecule has 2 rings (SSSR count). The molecule has 0 aliphatic heterocycles. The molecular formula is C18H23N3O5. The third-order valence-electron chi connectivity index (χ3n) is 3.57. The molecule has 0 saturated heterocycles. The van der Waals surface area contributed by atoms with Crippen molar-refractivity contribution in [2.45, 2.75) is 0 Å². The molecule has 1 amide bonds. The van der Waals surface area contributed by atoms with Crippen LogP contribution in [-0.4, -0.2) is 52.5 Å². The van der Waals surface area contributed by atoms with Crippen LogP contribution in [0.5, 0.6) is 17.2 Å². The molecule has 0 unspecified atom stereocenters. The third kappa shape index (κ3) is 4.76. The first-order valence-corrected chi connectivity index (χ1v) is 7.93. The molecule has 0 aliphatic rings. The number of anilines is 2. The molecule has 0 bridgehead atoms. The number of ether oxygens (including phenoxy) is 4. The molecular weight excluding hydrogens is 338 g/mol. The lowest BCUT2D eigenvalue weighted by Gasteiger charge is -2.14. The summed E-state index contributed by atoms with van der Waals surface area (Å²) in [6, 6.07) is 6.70. The third-order valence-corrected chi connectivity index (χ3v) is 3.57. The maximum Gasteiger partial charge on any atom is 0.257 e. The van der Waals surface area contributed by atoms with Crippen LogP contribution in [0.3, 0.4) is 0 Å². The molecule has 140 valence electrons. The summed E-state index contributed by atoms with van der Waals surface area (Å²) in [6.07, 6.45) is 1.64. The molecule has 2 N–H and O–H groups in total. The number of hydrogen-bond acceptors (Lipinski definition) is 7. The van der Waals surface area contributed by atoms with Crippen LogP contribution in [0.15, 0.2) is 30.5 Å². The van der Waals surface area contributed by atoms with Crippen molar-refractivity contribution in [1.82, 2.24) is 4.98 Å². The van der Waals surface area contributed by atoms with E-state index in [9.17, 15) is 4.79 Å². The highest BCUT2D eigenvalue weighted by molar-refractivity contribution is 6.04. The van der Waals surface area contributed by atoms with E-state index < -0.39 is 0 Å². The molecule has 1 heterocycles. The first-order chi connectivity index (χ1) is 12.6. The number of amides is 1. The minimum atomic E-state index is -0.336. The van der Waals surface area contributed by atoms with E-state index in [1.807, 2.05) is 6.07 Å². The number of hydrogen-bond donors (Lipinski definition) is 2. The fourth-order valence-electron chi connectivity index (χ4n) is 2.27. The summed E-state index contributed by atoms with van der Waals surface area (Å²) in [5.74, 6) is 1.33. The number of carbonyl (C=O) groups excluding carboxylic acids is 1. The van der Waals surface area contributed by atoms with Crippen LogP contribution in [0.25, 0.3) is 0 Å². The van der Waals surface area contributed by atoms with E-state index in [4.69, 9.17) is 18.9 Å². The molecule has 26 heavy (non-hydrogen) atoms. The van der Waals surface area contributed by atoms with Crippen molar-refractivity contribution in [2.75, 3.05) is 52.2 Å². The topological polar surface area (TPSA) is 90.9 Å². The van der Waals surface area contributed by atoms with Crippen molar-refractivity contribution in [2.24, 2.45) is 0 Å². The molecule has 8 heteroatoms. The van der Waals surface area contributed by atoms with Gasteiger partial charge in [0.2, 0.25) is 5.75 Å². The Hall–Kier alpha value is -3.00. The SMILES string of the molecule is COCCNc1ccc(NC(=O)c2cc(OC)c(OC)c(OC)c2)nc1. The van der Waals surface area contributed by atoms with Gasteiger partial charge in [-0.05, 0) is 24.3 Å². The number of nitrogens with one attached hydrogen (secondary N) is 2. The Bertz CT molecular complexity index is 709. The smallest absolute Gasteiger partial charge is 0.257 e. The number of nitrogens with zero attached hydrogens (tertiary/aromatic N) is 1. The Labute approximate surface area is 152 Å². The summed E-state index contributed by atoms with van der Waals surface area (Å²) in [5, 5.41) is 5.89. The molecule has 0 fully saturated rings. The molecule has 1 aromatic heterocycles. The predicted octanol–water partition coefficient (Wildman–Crippen LogP) is 2.42. The van der Waals surface area contributed by atoms with Crippen LogP contribution in [0.4, 0.5) is 11.5 Å². The lowest BCUT2D eigenvalue weighted by Crippen LogP contribution is -2.14. The zero-order valence-electron chi connectivity index (χ0n) is 15.3. The number of carbonyl (C=O) groups is 1. The summed E-state index contributed by atoms with van der Waals surface area (Å²) < 4.78 is 20.8. The molecule has 2 aromatic rings. The van der Waals surface area contributed by atoms with E-state index >= 15 is 0 Å². The normalized spacial score (nSPS) is 10.2. The zero-order chi connectivity index (χ0) is 18.9. The average molecular weight is 361 g/mol. The second-order valence-electron chi connectivity index (χ2n) is 5.22. The van der Waals surface area contributed by atoms with Crippen LogP contribution in [0.2, 0.25) is 0 Å². The predicted molar refractivity (Wildman–Crippen MR) is 98.7 cm³/mol. The Balaban J connectivity index is 2.12. The van der Waals surface area contributed by atoms with Gasteiger partial charge in [-0.2, -0.15) is 0 Å². The summed E-state index contributed by atoms with van der Waals surface area (Å²) >= 11 is 0. The highest BCUT2D eigenvalue weighted by Crippen LogP contribution is 2.38. The average Bonchev–Trinajstić information content (AvgIpc) is 2.68. The van der Waals surface area contributed by atoms with Gasteiger partial charge in [0.05, 0.1) is 39.8 Å². The van der Waals surface area contributed by atoms with Crippen LogP contribution in [-0.2, 0) is 4.74 Å². The van der Waals surface area contributed by atoms with E-state index in [0.29, 0.717) is 41.8 Å². The minimum Gasteiger partial charge on any atom is -0.493 e. The molecule has 0 saturated carbocycles. The van der Waals surface area contributed by atoms with Gasteiger partial charge < -0.3 is 29.6 Å². The molecule has 1 aromatic carbocycles. The molecule has 8 nitrogen and oxygen atoms in total. The summed E-state index contributed by atoms with van der Waals surface area (Å²) in [5.41, 5.74) is 1.21. The van der Waals surface area contributed by atoms with Crippen molar-refractivity contribution < 1.29 is 23.7 Å². The maximum absolute atomic E-state index is 12.5. The van der Waals surface area contributed by atoms with Gasteiger partial charge >= 0.3 is 0 Å². The minimum absolute atomic E-state index is 0.336. The van der Waals surface area contributed by atoms with Crippen LogP contribution < -0.4 is 24.8 Å².